The highest BCUT2D eigenvalue weighted by Gasteiger charge is 2.23. The molecule has 0 spiro atoms. The molecule has 0 unspecified atom stereocenters. The number of hydrogen-bond donors (Lipinski definition) is 3. The van der Waals surface area contributed by atoms with Crippen molar-refractivity contribution < 1.29 is 15.0 Å². The molecule has 5 nitrogen and oxygen atoms in total. The minimum Gasteiger partial charge on any atom is -0.396 e. The summed E-state index contributed by atoms with van der Waals surface area (Å²) in [6.45, 7) is 4.05. The molecular formula is C12H24N2O3. The molecule has 3 N–H and O–H groups in total. The molecule has 17 heavy (non-hydrogen) atoms. The van der Waals surface area contributed by atoms with Gasteiger partial charge in [-0.2, -0.15) is 0 Å². The molecule has 0 aromatic heterocycles. The Bertz CT molecular complexity index is 236. The number of rotatable bonds is 6. The summed E-state index contributed by atoms with van der Waals surface area (Å²) in [5.74, 6) is 0.114. The minimum absolute atomic E-state index is 0.0889. The van der Waals surface area contributed by atoms with Crippen LogP contribution in [0.3, 0.4) is 0 Å². The number of hydrogen-bond acceptors (Lipinski definition) is 4. The van der Waals surface area contributed by atoms with Crippen molar-refractivity contribution in [3.05, 3.63) is 0 Å². The Kier molecular flexibility index (Phi) is 5.88. The highest BCUT2D eigenvalue weighted by atomic mass is 16.3. The maximum absolute atomic E-state index is 11.8. The van der Waals surface area contributed by atoms with Crippen molar-refractivity contribution in [1.29, 1.82) is 0 Å². The summed E-state index contributed by atoms with van der Waals surface area (Å²) >= 11 is 0. The van der Waals surface area contributed by atoms with Gasteiger partial charge in [0.05, 0.1) is 19.8 Å². The second kappa shape index (κ2) is 6.93. The Balaban J connectivity index is 2.23. The van der Waals surface area contributed by atoms with Gasteiger partial charge in [0, 0.05) is 25.0 Å². The number of likely N-dealkylation sites (tertiary alicyclic amines) is 1. The van der Waals surface area contributed by atoms with E-state index in [-0.39, 0.29) is 25.7 Å². The van der Waals surface area contributed by atoms with E-state index in [1.165, 1.54) is 6.42 Å². The topological polar surface area (TPSA) is 72.8 Å². The zero-order valence-corrected chi connectivity index (χ0v) is 10.6. The van der Waals surface area contributed by atoms with E-state index >= 15 is 0 Å². The number of carbonyl (C=O) groups is 1. The molecule has 1 aliphatic heterocycles. The first kappa shape index (κ1) is 14.4. The lowest BCUT2D eigenvalue weighted by atomic mass is 9.93. The smallest absolute Gasteiger partial charge is 0.236 e. The molecule has 1 fully saturated rings. The molecule has 0 saturated carbocycles. The van der Waals surface area contributed by atoms with E-state index in [1.807, 2.05) is 4.90 Å². The molecule has 1 rings (SSSR count). The monoisotopic (exact) mass is 244 g/mol. The van der Waals surface area contributed by atoms with Crippen molar-refractivity contribution in [2.75, 3.05) is 39.4 Å². The molecule has 0 radical (unpaired) electrons. The van der Waals surface area contributed by atoms with Crippen molar-refractivity contribution in [3.8, 4) is 0 Å². The van der Waals surface area contributed by atoms with Gasteiger partial charge in [0.25, 0.3) is 0 Å². The number of nitrogens with zero attached hydrogens (tertiary/aromatic N) is 1. The van der Waals surface area contributed by atoms with Crippen LogP contribution in [0.15, 0.2) is 0 Å². The van der Waals surface area contributed by atoms with Crippen LogP contribution < -0.4 is 5.32 Å². The van der Waals surface area contributed by atoms with Gasteiger partial charge in [-0.3, -0.25) is 4.79 Å². The van der Waals surface area contributed by atoms with E-state index < -0.39 is 5.41 Å². The molecular weight excluding hydrogens is 220 g/mol. The van der Waals surface area contributed by atoms with Gasteiger partial charge < -0.3 is 20.4 Å². The Morgan fingerprint density at radius 3 is 2.35 bits per heavy atom. The molecule has 0 bridgehead atoms. The lowest BCUT2D eigenvalue weighted by Gasteiger charge is -2.28. The fourth-order valence-corrected chi connectivity index (χ4v) is 1.89. The summed E-state index contributed by atoms with van der Waals surface area (Å²) in [5.41, 5.74) is -0.553. The average molecular weight is 244 g/mol. The molecule has 5 heteroatoms. The highest BCUT2D eigenvalue weighted by Crippen LogP contribution is 2.12. The highest BCUT2D eigenvalue weighted by molar-refractivity contribution is 5.78. The first-order valence-corrected chi connectivity index (χ1v) is 6.31. The SMILES string of the molecule is CC(CO)(CO)CNCC(=O)N1CCCCC1. The normalized spacial score (nSPS) is 17.2. The van der Waals surface area contributed by atoms with Crippen molar-refractivity contribution >= 4 is 5.91 Å². The second-order valence-corrected chi connectivity index (χ2v) is 5.17. The summed E-state index contributed by atoms with van der Waals surface area (Å²) in [6, 6.07) is 0. The molecule has 0 aliphatic carbocycles. The van der Waals surface area contributed by atoms with Gasteiger partial charge in [0.2, 0.25) is 5.91 Å². The van der Waals surface area contributed by atoms with Crippen LogP contribution in [0.4, 0.5) is 0 Å². The zero-order chi connectivity index (χ0) is 12.7. The van der Waals surface area contributed by atoms with Gasteiger partial charge >= 0.3 is 0 Å². The third kappa shape index (κ3) is 4.61. The minimum atomic E-state index is -0.553. The standard InChI is InChI=1S/C12H24N2O3/c1-12(9-15,10-16)8-13-7-11(17)14-5-3-2-4-6-14/h13,15-16H,2-10H2,1H3. The molecule has 0 aromatic carbocycles. The number of piperidine rings is 1. The Labute approximate surface area is 103 Å². The van der Waals surface area contributed by atoms with Crippen LogP contribution in [-0.4, -0.2) is 60.4 Å². The predicted octanol–water partition coefficient (Wildman–Crippen LogP) is -0.421. The average Bonchev–Trinajstić information content (AvgIpc) is 2.39. The Morgan fingerprint density at radius 2 is 1.82 bits per heavy atom. The molecule has 1 saturated heterocycles. The lowest BCUT2D eigenvalue weighted by molar-refractivity contribution is -0.131. The quantitative estimate of drug-likeness (QED) is 0.593. The fourth-order valence-electron chi connectivity index (χ4n) is 1.89. The zero-order valence-electron chi connectivity index (χ0n) is 10.6. The number of carbonyl (C=O) groups excluding carboxylic acids is 1. The molecule has 1 heterocycles. The summed E-state index contributed by atoms with van der Waals surface area (Å²) in [5, 5.41) is 21.2. The first-order valence-electron chi connectivity index (χ1n) is 6.31. The maximum Gasteiger partial charge on any atom is 0.236 e. The summed E-state index contributed by atoms with van der Waals surface area (Å²) < 4.78 is 0. The van der Waals surface area contributed by atoms with Crippen molar-refractivity contribution in [3.63, 3.8) is 0 Å². The van der Waals surface area contributed by atoms with E-state index in [1.54, 1.807) is 6.92 Å². The summed E-state index contributed by atoms with van der Waals surface area (Å²) in [4.78, 5) is 13.7. The van der Waals surface area contributed by atoms with Crippen LogP contribution in [0.5, 0.6) is 0 Å². The van der Waals surface area contributed by atoms with Crippen LogP contribution in [0, 0.1) is 5.41 Å². The van der Waals surface area contributed by atoms with Gasteiger partial charge in [-0.05, 0) is 19.3 Å². The predicted molar refractivity (Wildman–Crippen MR) is 65.6 cm³/mol. The van der Waals surface area contributed by atoms with E-state index in [2.05, 4.69) is 5.32 Å². The Morgan fingerprint density at radius 1 is 1.24 bits per heavy atom. The van der Waals surface area contributed by atoms with Gasteiger partial charge in [0.15, 0.2) is 0 Å². The molecule has 0 aromatic rings. The summed E-state index contributed by atoms with van der Waals surface area (Å²) in [6.07, 6.45) is 3.40. The lowest BCUT2D eigenvalue weighted by Crippen LogP contribution is -2.45. The molecule has 1 aliphatic rings. The second-order valence-electron chi connectivity index (χ2n) is 5.17. The van der Waals surface area contributed by atoms with Gasteiger partial charge in [-0.1, -0.05) is 6.92 Å². The van der Waals surface area contributed by atoms with Crippen LogP contribution in [0.1, 0.15) is 26.2 Å². The molecule has 100 valence electrons. The van der Waals surface area contributed by atoms with Crippen LogP contribution in [0.2, 0.25) is 0 Å². The first-order chi connectivity index (χ1) is 8.11. The van der Waals surface area contributed by atoms with E-state index in [0.29, 0.717) is 6.54 Å². The largest absolute Gasteiger partial charge is 0.396 e. The molecule has 0 atom stereocenters. The van der Waals surface area contributed by atoms with Crippen LogP contribution >= 0.6 is 0 Å². The van der Waals surface area contributed by atoms with E-state index in [9.17, 15) is 4.79 Å². The third-order valence-corrected chi connectivity index (χ3v) is 3.30. The summed E-state index contributed by atoms with van der Waals surface area (Å²) in [7, 11) is 0. The number of amides is 1. The number of aliphatic hydroxyl groups excluding tert-OH is 2. The number of nitrogens with one attached hydrogen (secondary N) is 1. The third-order valence-electron chi connectivity index (χ3n) is 3.30. The van der Waals surface area contributed by atoms with Gasteiger partial charge in [-0.25, -0.2) is 0 Å². The van der Waals surface area contributed by atoms with E-state index in [4.69, 9.17) is 10.2 Å². The van der Waals surface area contributed by atoms with Gasteiger partial charge in [-0.15, -0.1) is 0 Å². The number of aliphatic hydroxyl groups is 2. The Hall–Kier alpha value is -0.650. The van der Waals surface area contributed by atoms with Crippen molar-refractivity contribution in [2.45, 2.75) is 26.2 Å². The van der Waals surface area contributed by atoms with Crippen molar-refractivity contribution in [2.24, 2.45) is 5.41 Å². The molecule has 1 amide bonds. The van der Waals surface area contributed by atoms with Crippen molar-refractivity contribution in [1.82, 2.24) is 10.2 Å². The van der Waals surface area contributed by atoms with Crippen LogP contribution in [0.25, 0.3) is 0 Å². The maximum atomic E-state index is 11.8. The fraction of sp³-hybridized carbons (Fsp3) is 0.917. The van der Waals surface area contributed by atoms with Crippen LogP contribution in [-0.2, 0) is 4.79 Å². The van der Waals surface area contributed by atoms with E-state index in [0.717, 1.165) is 25.9 Å². The van der Waals surface area contributed by atoms with Gasteiger partial charge in [0.1, 0.15) is 0 Å².